The molecule has 0 fully saturated rings. The fraction of sp³-hybridized carbons (Fsp3) is 0.357. The van der Waals surface area contributed by atoms with E-state index in [9.17, 15) is 8.42 Å². The minimum atomic E-state index is -3.36. The minimum Gasteiger partial charge on any atom is -0.492 e. The molecule has 0 unspecified atom stereocenters. The lowest BCUT2D eigenvalue weighted by molar-refractivity contribution is 0.340. The third-order valence-electron chi connectivity index (χ3n) is 2.88. The van der Waals surface area contributed by atoms with Crippen LogP contribution < -0.4 is 9.46 Å². The van der Waals surface area contributed by atoms with Crippen molar-refractivity contribution in [1.82, 2.24) is 9.71 Å². The van der Waals surface area contributed by atoms with Crippen molar-refractivity contribution < 1.29 is 13.2 Å². The van der Waals surface area contributed by atoms with Crippen LogP contribution in [0.15, 0.2) is 30.3 Å². The molecule has 0 saturated carbocycles. The van der Waals surface area contributed by atoms with Gasteiger partial charge < -0.3 is 4.74 Å². The maximum atomic E-state index is 11.9. The van der Waals surface area contributed by atoms with Crippen LogP contribution in [0.2, 0.25) is 0 Å². The van der Waals surface area contributed by atoms with Gasteiger partial charge in [-0.3, -0.25) is 0 Å². The Kier molecular flexibility index (Phi) is 5.33. The Morgan fingerprint density at radius 3 is 2.57 bits per heavy atom. The lowest BCUT2D eigenvalue weighted by Crippen LogP contribution is -2.28. The van der Waals surface area contributed by atoms with Crippen molar-refractivity contribution in [2.75, 3.05) is 12.4 Å². The predicted octanol–water partition coefficient (Wildman–Crippen LogP) is 2.26. The molecule has 7 heteroatoms. The van der Waals surface area contributed by atoms with Crippen LogP contribution in [0.3, 0.4) is 0 Å². The topological polar surface area (TPSA) is 68.3 Å². The van der Waals surface area contributed by atoms with Gasteiger partial charge in [0.15, 0.2) is 0 Å². The third-order valence-corrected chi connectivity index (χ3v) is 5.24. The van der Waals surface area contributed by atoms with Gasteiger partial charge in [-0.1, -0.05) is 18.2 Å². The molecule has 0 atom stereocenters. The molecule has 0 aliphatic rings. The number of nitrogens with one attached hydrogen (secondary N) is 1. The molecule has 1 heterocycles. The van der Waals surface area contributed by atoms with Gasteiger partial charge in [-0.25, -0.2) is 18.1 Å². The Morgan fingerprint density at radius 2 is 1.95 bits per heavy atom. The first-order valence-electron chi connectivity index (χ1n) is 6.54. The Morgan fingerprint density at radius 1 is 1.24 bits per heavy atom. The lowest BCUT2D eigenvalue weighted by Gasteiger charge is -2.07. The van der Waals surface area contributed by atoms with E-state index >= 15 is 0 Å². The molecule has 21 heavy (non-hydrogen) atoms. The fourth-order valence-electron chi connectivity index (χ4n) is 1.64. The van der Waals surface area contributed by atoms with Gasteiger partial charge in [0.05, 0.1) is 18.0 Å². The molecule has 2 rings (SSSR count). The van der Waals surface area contributed by atoms with E-state index in [-0.39, 0.29) is 18.9 Å². The van der Waals surface area contributed by atoms with Crippen LogP contribution in [0.4, 0.5) is 0 Å². The van der Waals surface area contributed by atoms with E-state index in [1.165, 1.54) is 11.3 Å². The maximum Gasteiger partial charge on any atom is 0.215 e. The van der Waals surface area contributed by atoms with Crippen molar-refractivity contribution in [1.29, 1.82) is 0 Å². The number of ether oxygens (including phenoxy) is 1. The standard InChI is InChI=1S/C14H18N2O3S2/c1-11-12(2)20-14(16-11)10-15-21(17,18)9-8-19-13-6-4-3-5-7-13/h3-7,15H,8-10H2,1-2H3. The molecule has 0 spiro atoms. The molecule has 0 radical (unpaired) electrons. The molecule has 0 amide bonds. The first-order chi connectivity index (χ1) is 9.96. The van der Waals surface area contributed by atoms with E-state index in [4.69, 9.17) is 4.74 Å². The summed E-state index contributed by atoms with van der Waals surface area (Å²) in [6.07, 6.45) is 0. The third kappa shape index (κ3) is 5.11. The molecule has 1 aromatic carbocycles. The summed E-state index contributed by atoms with van der Waals surface area (Å²) in [6, 6.07) is 9.15. The number of sulfonamides is 1. The monoisotopic (exact) mass is 326 g/mol. The number of benzene rings is 1. The first kappa shape index (κ1) is 15.9. The van der Waals surface area contributed by atoms with Gasteiger partial charge in [0.1, 0.15) is 17.4 Å². The molecule has 5 nitrogen and oxygen atoms in total. The van der Waals surface area contributed by atoms with E-state index in [0.717, 1.165) is 15.6 Å². The second kappa shape index (κ2) is 7.02. The average molecular weight is 326 g/mol. The van der Waals surface area contributed by atoms with Crippen LogP contribution in [0.25, 0.3) is 0 Å². The summed E-state index contributed by atoms with van der Waals surface area (Å²) in [4.78, 5) is 5.41. The van der Waals surface area contributed by atoms with Gasteiger partial charge in [0.2, 0.25) is 10.0 Å². The number of thiazole rings is 1. The van der Waals surface area contributed by atoms with Gasteiger partial charge in [-0.05, 0) is 26.0 Å². The molecule has 1 N–H and O–H groups in total. The number of aryl methyl sites for hydroxylation is 2. The highest BCUT2D eigenvalue weighted by atomic mass is 32.2. The number of aromatic nitrogens is 1. The SMILES string of the molecule is Cc1nc(CNS(=O)(=O)CCOc2ccccc2)sc1C. The molecular formula is C14H18N2O3S2. The van der Waals surface area contributed by atoms with Gasteiger partial charge in [-0.15, -0.1) is 11.3 Å². The second-order valence-corrected chi connectivity index (χ2v) is 7.76. The molecule has 114 valence electrons. The Hall–Kier alpha value is -1.44. The second-order valence-electron chi connectivity index (χ2n) is 4.55. The lowest BCUT2D eigenvalue weighted by atomic mass is 10.3. The molecule has 0 aliphatic carbocycles. The number of hydrogen-bond donors (Lipinski definition) is 1. The van der Waals surface area contributed by atoms with Crippen LogP contribution >= 0.6 is 11.3 Å². The minimum absolute atomic E-state index is 0.0781. The van der Waals surface area contributed by atoms with E-state index in [2.05, 4.69) is 9.71 Å². The summed E-state index contributed by atoms with van der Waals surface area (Å²) in [7, 11) is -3.36. The van der Waals surface area contributed by atoms with Crippen molar-refractivity contribution in [3.05, 3.63) is 45.9 Å². The molecule has 1 aromatic heterocycles. The van der Waals surface area contributed by atoms with E-state index in [0.29, 0.717) is 5.75 Å². The van der Waals surface area contributed by atoms with Gasteiger partial charge in [0.25, 0.3) is 0 Å². The highest BCUT2D eigenvalue weighted by Crippen LogP contribution is 2.16. The van der Waals surface area contributed by atoms with Crippen LogP contribution in [0.5, 0.6) is 5.75 Å². The van der Waals surface area contributed by atoms with Crippen LogP contribution in [0, 0.1) is 13.8 Å². The van der Waals surface area contributed by atoms with Crippen LogP contribution in [-0.2, 0) is 16.6 Å². The summed E-state index contributed by atoms with van der Waals surface area (Å²) in [5.74, 6) is 0.587. The zero-order valence-electron chi connectivity index (χ0n) is 12.0. The fourth-order valence-corrected chi connectivity index (χ4v) is 3.41. The Balaban J connectivity index is 1.79. The van der Waals surface area contributed by atoms with Crippen LogP contribution in [0.1, 0.15) is 15.6 Å². The number of para-hydroxylation sites is 1. The summed E-state index contributed by atoms with van der Waals surface area (Å²) in [6.45, 7) is 4.23. The van der Waals surface area contributed by atoms with E-state index in [1.54, 1.807) is 12.1 Å². The average Bonchev–Trinajstić information content (AvgIpc) is 2.77. The van der Waals surface area contributed by atoms with Crippen molar-refractivity contribution in [2.24, 2.45) is 0 Å². The number of hydrogen-bond acceptors (Lipinski definition) is 5. The van der Waals surface area contributed by atoms with E-state index < -0.39 is 10.0 Å². The van der Waals surface area contributed by atoms with E-state index in [1.807, 2.05) is 32.0 Å². The summed E-state index contributed by atoms with van der Waals surface area (Å²) >= 11 is 1.51. The van der Waals surface area contributed by atoms with Gasteiger partial charge >= 0.3 is 0 Å². The first-order valence-corrected chi connectivity index (χ1v) is 9.01. The zero-order valence-corrected chi connectivity index (χ0v) is 13.6. The highest BCUT2D eigenvalue weighted by molar-refractivity contribution is 7.89. The normalized spacial score (nSPS) is 11.5. The van der Waals surface area contributed by atoms with Gasteiger partial charge in [0, 0.05) is 4.88 Å². The van der Waals surface area contributed by atoms with Gasteiger partial charge in [-0.2, -0.15) is 0 Å². The largest absolute Gasteiger partial charge is 0.492 e. The highest BCUT2D eigenvalue weighted by Gasteiger charge is 2.12. The Labute approximate surface area is 129 Å². The summed E-state index contributed by atoms with van der Waals surface area (Å²) < 4.78 is 31.7. The summed E-state index contributed by atoms with van der Waals surface area (Å²) in [5, 5.41) is 0.776. The van der Waals surface area contributed by atoms with Crippen molar-refractivity contribution in [3.8, 4) is 5.75 Å². The molecular weight excluding hydrogens is 308 g/mol. The molecule has 0 bridgehead atoms. The molecule has 0 saturated heterocycles. The Bertz CT molecular complexity index is 662. The van der Waals surface area contributed by atoms with Crippen molar-refractivity contribution in [3.63, 3.8) is 0 Å². The zero-order chi connectivity index (χ0) is 15.3. The quantitative estimate of drug-likeness (QED) is 0.847. The molecule has 0 aliphatic heterocycles. The predicted molar refractivity (Wildman–Crippen MR) is 84.2 cm³/mol. The smallest absolute Gasteiger partial charge is 0.215 e. The number of rotatable bonds is 7. The van der Waals surface area contributed by atoms with Crippen LogP contribution in [-0.4, -0.2) is 25.8 Å². The molecule has 2 aromatic rings. The maximum absolute atomic E-state index is 11.9. The van der Waals surface area contributed by atoms with Crippen molar-refractivity contribution >= 4 is 21.4 Å². The van der Waals surface area contributed by atoms with Crippen molar-refractivity contribution in [2.45, 2.75) is 20.4 Å². The number of nitrogens with zero attached hydrogens (tertiary/aromatic N) is 1. The summed E-state index contributed by atoms with van der Waals surface area (Å²) in [5.41, 5.74) is 0.946.